The van der Waals surface area contributed by atoms with Crippen molar-refractivity contribution in [2.45, 2.75) is 20.0 Å². The summed E-state index contributed by atoms with van der Waals surface area (Å²) in [6, 6.07) is 9.29. The van der Waals surface area contributed by atoms with Gasteiger partial charge in [0.1, 0.15) is 11.6 Å². The topological polar surface area (TPSA) is 86.7 Å². The smallest absolute Gasteiger partial charge is 0.122 e. The SMILES string of the molecule is CC(C)Oc1ccc(-c2cc(N=[N+]=[N-])[nH]n2)cc1. The van der Waals surface area contributed by atoms with Crippen molar-refractivity contribution in [1.82, 2.24) is 10.2 Å². The Morgan fingerprint density at radius 3 is 2.67 bits per heavy atom. The Bertz CT molecular complexity index is 566. The van der Waals surface area contributed by atoms with Gasteiger partial charge in [0.15, 0.2) is 0 Å². The monoisotopic (exact) mass is 243 g/mol. The Morgan fingerprint density at radius 2 is 2.06 bits per heavy atom. The number of aromatic nitrogens is 2. The van der Waals surface area contributed by atoms with E-state index in [-0.39, 0.29) is 6.10 Å². The molecular formula is C12H13N5O. The number of aromatic amines is 1. The average Bonchev–Trinajstić information content (AvgIpc) is 2.78. The second-order valence-electron chi connectivity index (χ2n) is 4.02. The van der Waals surface area contributed by atoms with Crippen LogP contribution in [-0.2, 0) is 0 Å². The van der Waals surface area contributed by atoms with Gasteiger partial charge in [-0.3, -0.25) is 5.10 Å². The number of azide groups is 1. The van der Waals surface area contributed by atoms with Crippen molar-refractivity contribution < 1.29 is 4.74 Å². The highest BCUT2D eigenvalue weighted by atomic mass is 16.5. The van der Waals surface area contributed by atoms with Crippen LogP contribution in [0.1, 0.15) is 13.8 Å². The molecule has 1 N–H and O–H groups in total. The molecule has 0 bridgehead atoms. The van der Waals surface area contributed by atoms with E-state index in [0.717, 1.165) is 17.0 Å². The Balaban J connectivity index is 2.20. The number of H-pyrrole nitrogens is 1. The highest BCUT2D eigenvalue weighted by Gasteiger charge is 2.03. The fraction of sp³-hybridized carbons (Fsp3) is 0.250. The molecule has 1 aromatic heterocycles. The molecule has 0 fully saturated rings. The molecule has 0 saturated heterocycles. The summed E-state index contributed by atoms with van der Waals surface area (Å²) in [4.78, 5) is 2.69. The zero-order chi connectivity index (χ0) is 13.0. The first kappa shape index (κ1) is 12.0. The molecule has 18 heavy (non-hydrogen) atoms. The minimum Gasteiger partial charge on any atom is -0.491 e. The molecule has 1 heterocycles. The fourth-order valence-electron chi connectivity index (χ4n) is 1.54. The van der Waals surface area contributed by atoms with Crippen LogP contribution in [0.15, 0.2) is 35.4 Å². The Labute approximate surface area is 104 Å². The van der Waals surface area contributed by atoms with Gasteiger partial charge in [0.05, 0.1) is 11.8 Å². The third kappa shape index (κ3) is 2.81. The number of hydrogen-bond donors (Lipinski definition) is 1. The third-order valence-corrected chi connectivity index (χ3v) is 2.24. The van der Waals surface area contributed by atoms with E-state index in [1.54, 1.807) is 6.07 Å². The molecule has 0 spiro atoms. The van der Waals surface area contributed by atoms with Crippen LogP contribution >= 0.6 is 0 Å². The van der Waals surface area contributed by atoms with Gasteiger partial charge in [-0.25, -0.2) is 0 Å². The number of nitrogens with one attached hydrogen (secondary N) is 1. The van der Waals surface area contributed by atoms with Gasteiger partial charge in [-0.2, -0.15) is 5.10 Å². The second-order valence-corrected chi connectivity index (χ2v) is 4.02. The number of hydrogen-bond acceptors (Lipinski definition) is 3. The summed E-state index contributed by atoms with van der Waals surface area (Å²) in [5.41, 5.74) is 9.98. The predicted octanol–water partition coefficient (Wildman–Crippen LogP) is 3.81. The van der Waals surface area contributed by atoms with Crippen LogP contribution in [0.2, 0.25) is 0 Å². The second kappa shape index (κ2) is 5.25. The van der Waals surface area contributed by atoms with E-state index in [1.165, 1.54) is 0 Å². The Kier molecular flexibility index (Phi) is 3.50. The molecule has 0 aliphatic heterocycles. The van der Waals surface area contributed by atoms with E-state index in [9.17, 15) is 0 Å². The molecule has 0 saturated carbocycles. The molecule has 92 valence electrons. The van der Waals surface area contributed by atoms with Gasteiger partial charge in [-0.15, -0.1) is 0 Å². The highest BCUT2D eigenvalue weighted by molar-refractivity contribution is 5.62. The van der Waals surface area contributed by atoms with Crippen molar-refractivity contribution in [3.63, 3.8) is 0 Å². The van der Waals surface area contributed by atoms with Gasteiger partial charge in [0, 0.05) is 10.5 Å². The molecule has 0 unspecified atom stereocenters. The molecule has 0 aliphatic carbocycles. The lowest BCUT2D eigenvalue weighted by Gasteiger charge is -2.09. The zero-order valence-corrected chi connectivity index (χ0v) is 10.2. The summed E-state index contributed by atoms with van der Waals surface area (Å²) in [6.45, 7) is 3.96. The third-order valence-electron chi connectivity index (χ3n) is 2.24. The van der Waals surface area contributed by atoms with Crippen LogP contribution in [0.4, 0.5) is 5.82 Å². The number of ether oxygens (including phenoxy) is 1. The summed E-state index contributed by atoms with van der Waals surface area (Å²) < 4.78 is 5.55. The summed E-state index contributed by atoms with van der Waals surface area (Å²) in [7, 11) is 0. The Hall–Kier alpha value is -2.46. The first-order valence-electron chi connectivity index (χ1n) is 5.56. The fourth-order valence-corrected chi connectivity index (χ4v) is 1.54. The molecule has 0 amide bonds. The van der Waals surface area contributed by atoms with E-state index >= 15 is 0 Å². The molecule has 0 radical (unpaired) electrons. The van der Waals surface area contributed by atoms with Crippen molar-refractivity contribution in [2.75, 3.05) is 0 Å². The molecular weight excluding hydrogens is 230 g/mol. The van der Waals surface area contributed by atoms with Crippen LogP contribution in [0.3, 0.4) is 0 Å². The van der Waals surface area contributed by atoms with Crippen LogP contribution in [0, 0.1) is 0 Å². The molecule has 6 heteroatoms. The number of nitrogens with zero attached hydrogens (tertiary/aromatic N) is 4. The van der Waals surface area contributed by atoms with E-state index in [0.29, 0.717) is 5.82 Å². The Morgan fingerprint density at radius 1 is 1.33 bits per heavy atom. The minimum atomic E-state index is 0.151. The standard InChI is InChI=1S/C12H13N5O/c1-8(2)18-10-5-3-9(4-6-10)11-7-12(15-14-11)16-17-13/h3-8H,1-2H3,(H,14,15). The van der Waals surface area contributed by atoms with Crippen molar-refractivity contribution in [3.8, 4) is 17.0 Å². The van der Waals surface area contributed by atoms with Crippen molar-refractivity contribution in [2.24, 2.45) is 5.11 Å². The normalized spacial score (nSPS) is 10.2. The summed E-state index contributed by atoms with van der Waals surface area (Å²) >= 11 is 0. The number of rotatable bonds is 4. The van der Waals surface area contributed by atoms with Gasteiger partial charge in [0.2, 0.25) is 0 Å². The lowest BCUT2D eigenvalue weighted by Crippen LogP contribution is -2.05. The lowest BCUT2D eigenvalue weighted by atomic mass is 10.1. The zero-order valence-electron chi connectivity index (χ0n) is 10.2. The summed E-state index contributed by atoms with van der Waals surface area (Å²) in [5.74, 6) is 1.22. The van der Waals surface area contributed by atoms with Gasteiger partial charge >= 0.3 is 0 Å². The minimum absolute atomic E-state index is 0.151. The maximum Gasteiger partial charge on any atom is 0.122 e. The maximum absolute atomic E-state index is 8.31. The van der Waals surface area contributed by atoms with Crippen molar-refractivity contribution >= 4 is 5.82 Å². The lowest BCUT2D eigenvalue weighted by molar-refractivity contribution is 0.242. The molecule has 1 aromatic carbocycles. The highest BCUT2D eigenvalue weighted by Crippen LogP contribution is 2.23. The van der Waals surface area contributed by atoms with E-state index in [1.807, 2.05) is 38.1 Å². The van der Waals surface area contributed by atoms with Crippen molar-refractivity contribution in [3.05, 3.63) is 40.8 Å². The van der Waals surface area contributed by atoms with Gasteiger partial charge in [-0.1, -0.05) is 0 Å². The molecule has 0 aliphatic rings. The largest absolute Gasteiger partial charge is 0.491 e. The van der Waals surface area contributed by atoms with E-state index in [2.05, 4.69) is 20.2 Å². The molecule has 0 atom stereocenters. The van der Waals surface area contributed by atoms with Crippen LogP contribution < -0.4 is 4.74 Å². The molecule has 6 nitrogen and oxygen atoms in total. The predicted molar refractivity (Wildman–Crippen MR) is 68.6 cm³/mol. The molecule has 2 rings (SSSR count). The maximum atomic E-state index is 8.31. The number of benzene rings is 1. The van der Waals surface area contributed by atoms with Gasteiger partial charge in [0.25, 0.3) is 0 Å². The van der Waals surface area contributed by atoms with Crippen LogP contribution in [0.25, 0.3) is 21.7 Å². The van der Waals surface area contributed by atoms with Gasteiger partial charge < -0.3 is 4.74 Å². The van der Waals surface area contributed by atoms with E-state index in [4.69, 9.17) is 10.3 Å². The first-order valence-corrected chi connectivity index (χ1v) is 5.56. The van der Waals surface area contributed by atoms with Crippen LogP contribution in [0.5, 0.6) is 5.75 Å². The van der Waals surface area contributed by atoms with Gasteiger partial charge in [-0.05, 0) is 54.8 Å². The quantitative estimate of drug-likeness (QED) is 0.503. The van der Waals surface area contributed by atoms with Crippen molar-refractivity contribution in [1.29, 1.82) is 0 Å². The first-order chi connectivity index (χ1) is 8.69. The summed E-state index contributed by atoms with van der Waals surface area (Å²) in [5, 5.41) is 10.2. The average molecular weight is 243 g/mol. The molecule has 2 aromatic rings. The summed E-state index contributed by atoms with van der Waals surface area (Å²) in [6.07, 6.45) is 0.151. The van der Waals surface area contributed by atoms with Crippen LogP contribution in [-0.4, -0.2) is 16.3 Å². The van der Waals surface area contributed by atoms with E-state index < -0.39 is 0 Å².